The normalized spacial score (nSPS) is 14.7. The average Bonchev–Trinajstić information content (AvgIpc) is 2.24. The van der Waals surface area contributed by atoms with Crippen LogP contribution < -0.4 is 5.73 Å². The number of hydrogen-bond acceptors (Lipinski definition) is 1. The van der Waals surface area contributed by atoms with Crippen molar-refractivity contribution in [3.05, 3.63) is 34.9 Å². The van der Waals surface area contributed by atoms with Crippen molar-refractivity contribution < 1.29 is 26.3 Å². The predicted molar refractivity (Wildman–Crippen MR) is 62.8 cm³/mol. The van der Waals surface area contributed by atoms with Gasteiger partial charge in [0.1, 0.15) is 0 Å². The lowest BCUT2D eigenvalue weighted by Gasteiger charge is -2.21. The van der Waals surface area contributed by atoms with Gasteiger partial charge in [-0.25, -0.2) is 0 Å². The quantitative estimate of drug-likeness (QED) is 0.799. The Morgan fingerprint density at radius 3 is 1.95 bits per heavy atom. The summed E-state index contributed by atoms with van der Waals surface area (Å²) >= 11 is 0. The Bertz CT molecular complexity index is 461. The average molecular weight is 299 g/mol. The molecular weight excluding hydrogens is 284 g/mol. The van der Waals surface area contributed by atoms with Crippen LogP contribution in [0.2, 0.25) is 0 Å². The minimum absolute atomic E-state index is 0.0355. The van der Waals surface area contributed by atoms with Gasteiger partial charge in [-0.3, -0.25) is 0 Å². The van der Waals surface area contributed by atoms with Crippen molar-refractivity contribution in [3.8, 4) is 0 Å². The van der Waals surface area contributed by atoms with Gasteiger partial charge in [0.2, 0.25) is 0 Å². The van der Waals surface area contributed by atoms with Gasteiger partial charge < -0.3 is 5.73 Å². The second-order valence-electron chi connectivity index (χ2n) is 5.03. The maximum Gasteiger partial charge on any atom is 0.416 e. The number of benzene rings is 1. The molecule has 1 nitrogen and oxygen atoms in total. The maximum atomic E-state index is 12.9. The summed E-state index contributed by atoms with van der Waals surface area (Å²) < 4.78 is 76.2. The summed E-state index contributed by atoms with van der Waals surface area (Å²) in [6.07, 6.45) is -9.43. The van der Waals surface area contributed by atoms with Crippen LogP contribution in [0.1, 0.15) is 43.0 Å². The van der Waals surface area contributed by atoms with E-state index in [1.807, 2.05) is 0 Å². The molecule has 2 N–H and O–H groups in total. The molecule has 1 atom stereocenters. The standard InChI is InChI=1S/C13H15F6N/c1-7(2)5-11(20)9-4-3-8(12(14,15)16)6-10(9)13(17,18)19/h3-4,6-7,11H,5,20H2,1-2H3/t11-/m0/s1. The summed E-state index contributed by atoms with van der Waals surface area (Å²) in [7, 11) is 0. The Balaban J connectivity index is 3.32. The highest BCUT2D eigenvalue weighted by atomic mass is 19.4. The third-order valence-corrected chi connectivity index (χ3v) is 2.81. The summed E-state index contributed by atoms with van der Waals surface area (Å²) in [6.45, 7) is 3.55. The molecule has 1 rings (SSSR count). The van der Waals surface area contributed by atoms with E-state index in [0.29, 0.717) is 6.07 Å². The lowest BCUT2D eigenvalue weighted by molar-refractivity contribution is -0.143. The summed E-state index contributed by atoms with van der Waals surface area (Å²) in [5.41, 5.74) is 2.72. The first-order chi connectivity index (χ1) is 8.93. The first-order valence-electron chi connectivity index (χ1n) is 5.97. The SMILES string of the molecule is CC(C)C[C@H](N)c1ccc(C(F)(F)F)cc1C(F)(F)F. The third-order valence-electron chi connectivity index (χ3n) is 2.81. The Hall–Kier alpha value is -1.24. The number of alkyl halides is 6. The lowest BCUT2D eigenvalue weighted by atomic mass is 9.92. The predicted octanol–water partition coefficient (Wildman–Crippen LogP) is 4.77. The van der Waals surface area contributed by atoms with Crippen molar-refractivity contribution in [2.45, 2.75) is 38.7 Å². The van der Waals surface area contributed by atoms with Gasteiger partial charge in [-0.05, 0) is 30.0 Å². The molecule has 1 aromatic carbocycles. The molecule has 0 saturated heterocycles. The van der Waals surface area contributed by atoms with Gasteiger partial charge in [0, 0.05) is 6.04 Å². The Morgan fingerprint density at radius 1 is 1.00 bits per heavy atom. The van der Waals surface area contributed by atoms with Crippen LogP contribution in [-0.4, -0.2) is 0 Å². The Kier molecular flexibility index (Phi) is 4.74. The summed E-state index contributed by atoms with van der Waals surface area (Å²) in [4.78, 5) is 0. The Morgan fingerprint density at radius 2 is 1.55 bits per heavy atom. The number of rotatable bonds is 3. The van der Waals surface area contributed by atoms with Crippen LogP contribution >= 0.6 is 0 Å². The largest absolute Gasteiger partial charge is 0.416 e. The summed E-state index contributed by atoms with van der Waals surface area (Å²) in [5.74, 6) is 0.0355. The first-order valence-corrected chi connectivity index (χ1v) is 5.97. The molecule has 0 fully saturated rings. The van der Waals surface area contributed by atoms with Gasteiger partial charge in [-0.1, -0.05) is 19.9 Å². The van der Waals surface area contributed by atoms with Gasteiger partial charge in [-0.2, -0.15) is 26.3 Å². The minimum Gasteiger partial charge on any atom is -0.324 e. The van der Waals surface area contributed by atoms with E-state index in [2.05, 4.69) is 0 Å². The van der Waals surface area contributed by atoms with Crippen LogP contribution in [0, 0.1) is 5.92 Å². The van der Waals surface area contributed by atoms with Crippen molar-refractivity contribution in [1.29, 1.82) is 0 Å². The highest BCUT2D eigenvalue weighted by Crippen LogP contribution is 2.39. The first kappa shape index (κ1) is 16.8. The topological polar surface area (TPSA) is 26.0 Å². The fraction of sp³-hybridized carbons (Fsp3) is 0.538. The van der Waals surface area contributed by atoms with E-state index in [9.17, 15) is 26.3 Å². The molecule has 0 aliphatic heterocycles. The van der Waals surface area contributed by atoms with E-state index in [1.165, 1.54) is 0 Å². The fourth-order valence-electron chi connectivity index (χ4n) is 1.94. The molecule has 20 heavy (non-hydrogen) atoms. The monoisotopic (exact) mass is 299 g/mol. The molecule has 0 aromatic heterocycles. The number of halogens is 6. The second kappa shape index (κ2) is 5.63. The van der Waals surface area contributed by atoms with E-state index in [-0.39, 0.29) is 24.0 Å². The zero-order valence-electron chi connectivity index (χ0n) is 10.9. The zero-order valence-corrected chi connectivity index (χ0v) is 10.9. The summed E-state index contributed by atoms with van der Waals surface area (Å²) in [6, 6.07) is 0.618. The van der Waals surface area contributed by atoms with E-state index >= 15 is 0 Å². The van der Waals surface area contributed by atoms with E-state index in [1.54, 1.807) is 13.8 Å². The smallest absolute Gasteiger partial charge is 0.324 e. The van der Waals surface area contributed by atoms with Crippen molar-refractivity contribution in [2.24, 2.45) is 11.7 Å². The van der Waals surface area contributed by atoms with Crippen molar-refractivity contribution in [3.63, 3.8) is 0 Å². The van der Waals surface area contributed by atoms with Gasteiger partial charge in [-0.15, -0.1) is 0 Å². The van der Waals surface area contributed by atoms with Crippen LogP contribution in [0.3, 0.4) is 0 Å². The molecular formula is C13H15F6N. The fourth-order valence-corrected chi connectivity index (χ4v) is 1.94. The third kappa shape index (κ3) is 4.13. The van der Waals surface area contributed by atoms with Gasteiger partial charge >= 0.3 is 12.4 Å². The van der Waals surface area contributed by atoms with Gasteiger partial charge in [0.25, 0.3) is 0 Å². The number of hydrogen-bond donors (Lipinski definition) is 1. The molecule has 0 unspecified atom stereocenters. The molecule has 0 saturated carbocycles. The van der Waals surface area contributed by atoms with E-state index in [0.717, 1.165) is 6.07 Å². The molecule has 0 radical (unpaired) electrons. The van der Waals surface area contributed by atoms with Crippen LogP contribution in [0.15, 0.2) is 18.2 Å². The van der Waals surface area contributed by atoms with Gasteiger partial charge in [0.05, 0.1) is 11.1 Å². The molecule has 0 amide bonds. The molecule has 0 aliphatic carbocycles. The van der Waals surface area contributed by atoms with E-state index < -0.39 is 29.5 Å². The lowest BCUT2D eigenvalue weighted by Crippen LogP contribution is -2.20. The molecule has 7 heteroatoms. The second-order valence-corrected chi connectivity index (χ2v) is 5.03. The van der Waals surface area contributed by atoms with Crippen LogP contribution in [-0.2, 0) is 12.4 Å². The van der Waals surface area contributed by atoms with Crippen LogP contribution in [0.4, 0.5) is 26.3 Å². The van der Waals surface area contributed by atoms with E-state index in [4.69, 9.17) is 5.73 Å². The van der Waals surface area contributed by atoms with Crippen molar-refractivity contribution in [1.82, 2.24) is 0 Å². The molecule has 0 aliphatic rings. The highest BCUT2D eigenvalue weighted by molar-refractivity contribution is 5.37. The highest BCUT2D eigenvalue weighted by Gasteiger charge is 2.38. The van der Waals surface area contributed by atoms with Crippen molar-refractivity contribution in [2.75, 3.05) is 0 Å². The molecule has 0 bridgehead atoms. The zero-order chi connectivity index (χ0) is 15.7. The molecule has 1 aromatic rings. The number of nitrogens with two attached hydrogens (primary N) is 1. The van der Waals surface area contributed by atoms with Gasteiger partial charge in [0.15, 0.2) is 0 Å². The maximum absolute atomic E-state index is 12.9. The van der Waals surface area contributed by atoms with Crippen LogP contribution in [0.5, 0.6) is 0 Å². The Labute approximate surface area is 112 Å². The minimum atomic E-state index is -4.87. The molecule has 0 heterocycles. The molecule has 0 spiro atoms. The van der Waals surface area contributed by atoms with Crippen molar-refractivity contribution >= 4 is 0 Å². The summed E-state index contributed by atoms with van der Waals surface area (Å²) in [5, 5.41) is 0. The van der Waals surface area contributed by atoms with Crippen LogP contribution in [0.25, 0.3) is 0 Å². The molecule has 114 valence electrons.